The van der Waals surface area contributed by atoms with Crippen molar-refractivity contribution in [3.8, 4) is 0 Å². The van der Waals surface area contributed by atoms with Gasteiger partial charge in [-0.25, -0.2) is 4.98 Å². The Labute approximate surface area is 170 Å². The zero-order valence-electron chi connectivity index (χ0n) is 16.9. The van der Waals surface area contributed by atoms with E-state index in [-0.39, 0.29) is 48.2 Å². The molecule has 2 N–H and O–H groups in total. The van der Waals surface area contributed by atoms with Crippen molar-refractivity contribution >= 4 is 23.4 Å². The average molecular weight is 415 g/mol. The molecule has 0 saturated carbocycles. The molecule has 0 aromatic carbocycles. The molecule has 1 fully saturated rings. The molecule has 1 aliphatic heterocycles. The van der Waals surface area contributed by atoms with Gasteiger partial charge in [0.1, 0.15) is 10.8 Å². The normalized spacial score (nSPS) is 18.1. The van der Waals surface area contributed by atoms with E-state index in [1.807, 2.05) is 20.8 Å². The highest BCUT2D eigenvalue weighted by atomic mass is 35.5. The third-order valence-electron chi connectivity index (χ3n) is 4.60. The maximum absolute atomic E-state index is 12.4. The van der Waals surface area contributed by atoms with E-state index in [0.717, 1.165) is 32.2 Å². The molecule has 28 heavy (non-hydrogen) atoms. The number of ether oxygens (including phenoxy) is 1. The number of hydrogen-bond acceptors (Lipinski definition) is 7. The lowest BCUT2D eigenvalue weighted by Crippen LogP contribution is -2.45. The number of anilines is 1. The molecule has 1 unspecified atom stereocenters. The summed E-state index contributed by atoms with van der Waals surface area (Å²) >= 11 is 5.96. The number of aromatic nitrogens is 2. The summed E-state index contributed by atoms with van der Waals surface area (Å²) in [5.41, 5.74) is -0.839. The number of hydrogen-bond donors (Lipinski definition) is 2. The van der Waals surface area contributed by atoms with E-state index in [1.54, 1.807) is 0 Å². The number of aliphatic hydroxyl groups is 1. The Bertz CT molecular complexity index is 717. The summed E-state index contributed by atoms with van der Waals surface area (Å²) in [6.07, 6.45) is 5.38. The Morgan fingerprint density at radius 1 is 1.43 bits per heavy atom. The van der Waals surface area contributed by atoms with Gasteiger partial charge in [0, 0.05) is 12.6 Å². The molecule has 158 valence electrons. The molecule has 8 nitrogen and oxygen atoms in total. The van der Waals surface area contributed by atoms with Gasteiger partial charge in [0.2, 0.25) is 0 Å². The molecule has 0 bridgehead atoms. The Morgan fingerprint density at radius 3 is 2.86 bits per heavy atom. The molecular formula is C19H31ClN4O4. The first-order valence-corrected chi connectivity index (χ1v) is 10.1. The number of piperidine rings is 1. The summed E-state index contributed by atoms with van der Waals surface area (Å²) in [5, 5.41) is 12.3. The first kappa shape index (κ1) is 22.6. The lowest BCUT2D eigenvalue weighted by atomic mass is 9.99. The van der Waals surface area contributed by atoms with Gasteiger partial charge in [-0.05, 0) is 46.6 Å². The predicted octanol–water partition coefficient (Wildman–Crippen LogP) is 1.89. The Hall–Kier alpha value is -1.64. The summed E-state index contributed by atoms with van der Waals surface area (Å²) in [6.45, 7) is 7.25. The lowest BCUT2D eigenvalue weighted by Gasteiger charge is -2.35. The molecular weight excluding hydrogens is 384 g/mol. The van der Waals surface area contributed by atoms with Crippen molar-refractivity contribution in [1.82, 2.24) is 14.5 Å². The number of esters is 1. The summed E-state index contributed by atoms with van der Waals surface area (Å²) in [6, 6.07) is 0.251. The van der Waals surface area contributed by atoms with Crippen LogP contribution in [-0.4, -0.2) is 63.4 Å². The smallest absolute Gasteiger partial charge is 0.320 e. The molecule has 0 spiro atoms. The van der Waals surface area contributed by atoms with Gasteiger partial charge in [-0.15, -0.1) is 0 Å². The van der Waals surface area contributed by atoms with Crippen LogP contribution in [-0.2, 0) is 16.1 Å². The van der Waals surface area contributed by atoms with Crippen LogP contribution in [0.2, 0.25) is 5.15 Å². The molecule has 0 aliphatic carbocycles. The van der Waals surface area contributed by atoms with Gasteiger partial charge in [-0.1, -0.05) is 18.0 Å². The van der Waals surface area contributed by atoms with Crippen LogP contribution in [0.15, 0.2) is 11.0 Å². The van der Waals surface area contributed by atoms with Gasteiger partial charge in [-0.3, -0.25) is 19.1 Å². The third-order valence-corrected chi connectivity index (χ3v) is 4.90. The molecule has 1 aliphatic rings. The fraction of sp³-hybridized carbons (Fsp3) is 0.737. The van der Waals surface area contributed by atoms with Crippen molar-refractivity contribution in [3.63, 3.8) is 0 Å². The van der Waals surface area contributed by atoms with E-state index in [1.165, 1.54) is 10.8 Å². The van der Waals surface area contributed by atoms with E-state index in [2.05, 4.69) is 15.2 Å². The van der Waals surface area contributed by atoms with Crippen molar-refractivity contribution in [1.29, 1.82) is 0 Å². The number of nitrogens with zero attached hydrogens (tertiary/aromatic N) is 3. The number of rotatable bonds is 8. The fourth-order valence-corrected chi connectivity index (χ4v) is 3.60. The second-order valence-electron chi connectivity index (χ2n) is 8.03. The maximum Gasteiger partial charge on any atom is 0.320 e. The number of carbonyl (C=O) groups is 1. The Morgan fingerprint density at radius 2 is 2.18 bits per heavy atom. The van der Waals surface area contributed by atoms with Crippen LogP contribution in [0, 0.1) is 0 Å². The molecule has 1 saturated heterocycles. The number of halogens is 1. The fourth-order valence-electron chi connectivity index (χ4n) is 3.39. The minimum absolute atomic E-state index is 0.126. The molecule has 0 amide bonds. The van der Waals surface area contributed by atoms with Crippen LogP contribution in [0.5, 0.6) is 0 Å². The molecule has 1 atom stereocenters. The van der Waals surface area contributed by atoms with E-state index in [4.69, 9.17) is 21.4 Å². The molecule has 1 aromatic heterocycles. The molecule has 9 heteroatoms. The summed E-state index contributed by atoms with van der Waals surface area (Å²) in [4.78, 5) is 30.8. The second-order valence-corrected chi connectivity index (χ2v) is 8.42. The minimum Gasteiger partial charge on any atom is -0.459 e. The highest BCUT2D eigenvalue weighted by Crippen LogP contribution is 2.20. The predicted molar refractivity (Wildman–Crippen MR) is 109 cm³/mol. The van der Waals surface area contributed by atoms with Crippen molar-refractivity contribution in [2.24, 2.45) is 0 Å². The van der Waals surface area contributed by atoms with E-state index < -0.39 is 5.60 Å². The highest BCUT2D eigenvalue weighted by molar-refractivity contribution is 6.29. The molecule has 1 aromatic rings. The molecule has 0 radical (unpaired) electrons. The standard InChI is InChI=1S/C19H31ClN4O4/c1-19(2,3)28-16(26)13-23-9-5-4-6-14(23)7-8-21-17-18(27)24(10-11-25)15(20)12-22-17/h12,14,25H,4-11,13H2,1-3H3,(H,21,22). The van der Waals surface area contributed by atoms with Gasteiger partial charge in [0.25, 0.3) is 5.56 Å². The summed E-state index contributed by atoms with van der Waals surface area (Å²) in [5.74, 6) is 0.00553. The summed E-state index contributed by atoms with van der Waals surface area (Å²) in [7, 11) is 0. The van der Waals surface area contributed by atoms with Crippen LogP contribution in [0.4, 0.5) is 5.82 Å². The lowest BCUT2D eigenvalue weighted by molar-refractivity contribution is -0.157. The van der Waals surface area contributed by atoms with Gasteiger partial charge in [0.15, 0.2) is 5.82 Å². The van der Waals surface area contributed by atoms with Gasteiger partial charge >= 0.3 is 5.97 Å². The Balaban J connectivity index is 1.92. The zero-order valence-corrected chi connectivity index (χ0v) is 17.7. The molecule has 2 rings (SSSR count). The highest BCUT2D eigenvalue weighted by Gasteiger charge is 2.26. The average Bonchev–Trinajstić information content (AvgIpc) is 2.60. The van der Waals surface area contributed by atoms with E-state index in [9.17, 15) is 9.59 Å². The largest absolute Gasteiger partial charge is 0.459 e. The van der Waals surface area contributed by atoms with Gasteiger partial charge in [-0.2, -0.15) is 0 Å². The van der Waals surface area contributed by atoms with Gasteiger partial charge < -0.3 is 15.2 Å². The zero-order chi connectivity index (χ0) is 20.7. The van der Waals surface area contributed by atoms with Crippen LogP contribution >= 0.6 is 11.6 Å². The number of nitrogens with one attached hydrogen (secondary N) is 1. The van der Waals surface area contributed by atoms with Gasteiger partial charge in [0.05, 0.1) is 25.9 Å². The minimum atomic E-state index is -0.487. The van der Waals surface area contributed by atoms with Crippen molar-refractivity contribution in [2.75, 3.05) is 31.6 Å². The van der Waals surface area contributed by atoms with E-state index >= 15 is 0 Å². The van der Waals surface area contributed by atoms with E-state index in [0.29, 0.717) is 6.54 Å². The number of aliphatic hydroxyl groups excluding tert-OH is 1. The number of likely N-dealkylation sites (tertiary alicyclic amines) is 1. The third kappa shape index (κ3) is 6.76. The van der Waals surface area contributed by atoms with Crippen LogP contribution < -0.4 is 10.9 Å². The van der Waals surface area contributed by atoms with Crippen LogP contribution in [0.3, 0.4) is 0 Å². The maximum atomic E-state index is 12.4. The summed E-state index contributed by atoms with van der Waals surface area (Å²) < 4.78 is 6.73. The SMILES string of the molecule is CC(C)(C)OC(=O)CN1CCCCC1CCNc1ncc(Cl)n(CCO)c1=O. The quantitative estimate of drug-likeness (QED) is 0.627. The topological polar surface area (TPSA) is 96.7 Å². The van der Waals surface area contributed by atoms with Crippen LogP contribution in [0.1, 0.15) is 46.5 Å². The van der Waals surface area contributed by atoms with Crippen molar-refractivity contribution in [2.45, 2.75) is 64.6 Å². The number of carbonyl (C=O) groups excluding carboxylic acids is 1. The Kier molecular flexibility index (Phi) is 8.27. The van der Waals surface area contributed by atoms with Crippen molar-refractivity contribution < 1.29 is 14.6 Å². The van der Waals surface area contributed by atoms with Crippen LogP contribution in [0.25, 0.3) is 0 Å². The first-order chi connectivity index (χ1) is 13.2. The monoisotopic (exact) mass is 414 g/mol. The van der Waals surface area contributed by atoms with Crippen molar-refractivity contribution in [3.05, 3.63) is 21.7 Å². The first-order valence-electron chi connectivity index (χ1n) is 9.77. The second kappa shape index (κ2) is 10.2. The molecule has 2 heterocycles.